The Morgan fingerprint density at radius 1 is 1.06 bits per heavy atom. The zero-order valence-electron chi connectivity index (χ0n) is 9.77. The van der Waals surface area contributed by atoms with Gasteiger partial charge in [-0.25, -0.2) is 0 Å². The molecule has 0 N–H and O–H groups in total. The standard InChI is InChI=1S/C15H19Cl/c1-10-12(7-8-15(10)16)14-9-13(14)11-5-3-2-4-6-11/h2-6,10,12-15H,7-9H2,1H3. The number of hydrogen-bond donors (Lipinski definition) is 0. The van der Waals surface area contributed by atoms with E-state index < -0.39 is 0 Å². The van der Waals surface area contributed by atoms with Crippen molar-refractivity contribution < 1.29 is 0 Å². The fraction of sp³-hybridized carbons (Fsp3) is 0.600. The van der Waals surface area contributed by atoms with E-state index in [4.69, 9.17) is 11.6 Å². The molecule has 16 heavy (non-hydrogen) atoms. The first-order valence-electron chi connectivity index (χ1n) is 6.46. The highest BCUT2D eigenvalue weighted by Crippen LogP contribution is 2.57. The molecule has 86 valence electrons. The third-order valence-corrected chi connectivity index (χ3v) is 5.25. The zero-order valence-corrected chi connectivity index (χ0v) is 10.5. The Labute approximate surface area is 103 Å². The second-order valence-corrected chi connectivity index (χ2v) is 6.09. The third kappa shape index (κ3) is 1.78. The molecule has 0 bridgehead atoms. The van der Waals surface area contributed by atoms with Gasteiger partial charge in [-0.2, -0.15) is 0 Å². The molecule has 5 unspecified atom stereocenters. The second kappa shape index (κ2) is 4.07. The van der Waals surface area contributed by atoms with Crippen molar-refractivity contribution in [3.63, 3.8) is 0 Å². The average Bonchev–Trinajstić information content (AvgIpc) is 3.04. The van der Waals surface area contributed by atoms with Gasteiger partial charge >= 0.3 is 0 Å². The van der Waals surface area contributed by atoms with E-state index in [0.717, 1.165) is 23.7 Å². The molecule has 1 aromatic carbocycles. The van der Waals surface area contributed by atoms with E-state index in [1.54, 1.807) is 0 Å². The minimum Gasteiger partial charge on any atom is -0.123 e. The van der Waals surface area contributed by atoms with Crippen molar-refractivity contribution in [1.82, 2.24) is 0 Å². The monoisotopic (exact) mass is 234 g/mol. The maximum Gasteiger partial charge on any atom is 0.0364 e. The van der Waals surface area contributed by atoms with Gasteiger partial charge in [-0.15, -0.1) is 11.6 Å². The SMILES string of the molecule is CC1C(Cl)CCC1C1CC1c1ccccc1. The van der Waals surface area contributed by atoms with Crippen molar-refractivity contribution in [2.24, 2.45) is 17.8 Å². The molecule has 3 rings (SSSR count). The summed E-state index contributed by atoms with van der Waals surface area (Å²) in [5.74, 6) is 3.35. The van der Waals surface area contributed by atoms with Crippen LogP contribution in [0.5, 0.6) is 0 Å². The highest BCUT2D eigenvalue weighted by Gasteiger charge is 2.48. The van der Waals surface area contributed by atoms with Gasteiger partial charge in [-0.3, -0.25) is 0 Å². The van der Waals surface area contributed by atoms with Gasteiger partial charge < -0.3 is 0 Å². The molecule has 5 atom stereocenters. The van der Waals surface area contributed by atoms with Gasteiger partial charge in [-0.1, -0.05) is 37.3 Å². The van der Waals surface area contributed by atoms with Gasteiger partial charge in [0.2, 0.25) is 0 Å². The summed E-state index contributed by atoms with van der Waals surface area (Å²) in [6.45, 7) is 2.34. The first kappa shape index (κ1) is 10.7. The topological polar surface area (TPSA) is 0 Å². The van der Waals surface area contributed by atoms with Crippen LogP contribution in [0.3, 0.4) is 0 Å². The molecule has 0 amide bonds. The van der Waals surface area contributed by atoms with Crippen LogP contribution >= 0.6 is 11.6 Å². The van der Waals surface area contributed by atoms with Gasteiger partial charge in [0.15, 0.2) is 0 Å². The molecule has 1 aromatic rings. The van der Waals surface area contributed by atoms with Crippen LogP contribution in [0.1, 0.15) is 37.7 Å². The number of hydrogen-bond acceptors (Lipinski definition) is 0. The van der Waals surface area contributed by atoms with Crippen molar-refractivity contribution in [2.45, 2.75) is 37.5 Å². The van der Waals surface area contributed by atoms with Gasteiger partial charge in [0.1, 0.15) is 0 Å². The van der Waals surface area contributed by atoms with Crippen molar-refractivity contribution in [3.05, 3.63) is 35.9 Å². The Hall–Kier alpha value is -0.490. The first-order valence-corrected chi connectivity index (χ1v) is 6.90. The summed E-state index contributed by atoms with van der Waals surface area (Å²) < 4.78 is 0. The molecule has 2 aliphatic rings. The Bertz CT molecular complexity index is 359. The molecule has 2 fully saturated rings. The van der Waals surface area contributed by atoms with Gasteiger partial charge in [0.05, 0.1) is 0 Å². The van der Waals surface area contributed by atoms with Crippen LogP contribution in [0.4, 0.5) is 0 Å². The summed E-state index contributed by atoms with van der Waals surface area (Å²) in [6.07, 6.45) is 3.97. The van der Waals surface area contributed by atoms with E-state index in [2.05, 4.69) is 37.3 Å². The molecule has 0 aromatic heterocycles. The first-order chi connectivity index (χ1) is 7.77. The molecule has 0 spiro atoms. The van der Waals surface area contributed by atoms with Gasteiger partial charge in [0, 0.05) is 5.38 Å². The smallest absolute Gasteiger partial charge is 0.0364 e. The lowest BCUT2D eigenvalue weighted by Gasteiger charge is -2.17. The molecule has 1 heteroatoms. The summed E-state index contributed by atoms with van der Waals surface area (Å²) in [7, 11) is 0. The number of alkyl halides is 1. The van der Waals surface area contributed by atoms with Crippen LogP contribution in [-0.4, -0.2) is 5.38 Å². The molecular formula is C15H19Cl. The lowest BCUT2D eigenvalue weighted by Crippen LogP contribution is -2.13. The van der Waals surface area contributed by atoms with Crippen LogP contribution < -0.4 is 0 Å². The molecule has 0 radical (unpaired) electrons. The molecule has 2 saturated carbocycles. The summed E-state index contributed by atoms with van der Waals surface area (Å²) in [6, 6.07) is 11.0. The van der Waals surface area contributed by atoms with E-state index in [1.165, 1.54) is 24.8 Å². The van der Waals surface area contributed by atoms with Crippen LogP contribution in [0.25, 0.3) is 0 Å². The fourth-order valence-corrected chi connectivity index (χ4v) is 3.83. The number of halogens is 1. The second-order valence-electron chi connectivity index (χ2n) is 5.53. The summed E-state index contributed by atoms with van der Waals surface area (Å²) in [4.78, 5) is 0. The Balaban J connectivity index is 1.68. The fourth-order valence-electron chi connectivity index (χ4n) is 3.52. The zero-order chi connectivity index (χ0) is 11.1. The van der Waals surface area contributed by atoms with Gasteiger partial charge in [0.25, 0.3) is 0 Å². The van der Waals surface area contributed by atoms with Gasteiger partial charge in [-0.05, 0) is 48.5 Å². The van der Waals surface area contributed by atoms with Crippen molar-refractivity contribution in [1.29, 1.82) is 0 Å². The van der Waals surface area contributed by atoms with Crippen molar-refractivity contribution in [3.8, 4) is 0 Å². The van der Waals surface area contributed by atoms with Crippen LogP contribution in [0.2, 0.25) is 0 Å². The molecule has 0 aliphatic heterocycles. The van der Waals surface area contributed by atoms with Crippen LogP contribution in [0.15, 0.2) is 30.3 Å². The van der Waals surface area contributed by atoms with E-state index in [1.807, 2.05) is 0 Å². The highest BCUT2D eigenvalue weighted by molar-refractivity contribution is 6.20. The maximum absolute atomic E-state index is 6.32. The number of rotatable bonds is 2. The van der Waals surface area contributed by atoms with E-state index in [-0.39, 0.29) is 0 Å². The Morgan fingerprint density at radius 2 is 1.81 bits per heavy atom. The quantitative estimate of drug-likeness (QED) is 0.664. The molecular weight excluding hydrogens is 216 g/mol. The summed E-state index contributed by atoms with van der Waals surface area (Å²) in [5, 5.41) is 0.432. The molecule has 2 aliphatic carbocycles. The Morgan fingerprint density at radius 3 is 2.44 bits per heavy atom. The summed E-state index contributed by atoms with van der Waals surface area (Å²) in [5.41, 5.74) is 1.54. The average molecular weight is 235 g/mol. The van der Waals surface area contributed by atoms with Crippen molar-refractivity contribution in [2.75, 3.05) is 0 Å². The molecule has 0 heterocycles. The normalized spacial score (nSPS) is 42.2. The minimum atomic E-state index is 0.432. The van der Waals surface area contributed by atoms with Crippen LogP contribution in [-0.2, 0) is 0 Å². The predicted octanol–water partition coefficient (Wildman–Crippen LogP) is 4.44. The Kier molecular flexibility index (Phi) is 2.71. The van der Waals surface area contributed by atoms with Crippen molar-refractivity contribution >= 4 is 11.6 Å². The minimum absolute atomic E-state index is 0.432. The third-order valence-electron chi connectivity index (χ3n) is 4.64. The van der Waals surface area contributed by atoms with E-state index >= 15 is 0 Å². The molecule has 0 nitrogen and oxygen atoms in total. The predicted molar refractivity (Wildman–Crippen MR) is 68.8 cm³/mol. The largest absolute Gasteiger partial charge is 0.123 e. The molecule has 0 saturated heterocycles. The summed E-state index contributed by atoms with van der Waals surface area (Å²) >= 11 is 6.32. The van der Waals surface area contributed by atoms with E-state index in [9.17, 15) is 0 Å². The lowest BCUT2D eigenvalue weighted by molar-refractivity contribution is 0.367. The lowest BCUT2D eigenvalue weighted by atomic mass is 9.90. The number of benzene rings is 1. The van der Waals surface area contributed by atoms with E-state index in [0.29, 0.717) is 5.38 Å². The maximum atomic E-state index is 6.32. The highest BCUT2D eigenvalue weighted by atomic mass is 35.5. The van der Waals surface area contributed by atoms with Crippen LogP contribution in [0, 0.1) is 17.8 Å².